The average molecular weight is 249 g/mol. The van der Waals surface area contributed by atoms with Crippen LogP contribution in [0.5, 0.6) is 0 Å². The Balaban J connectivity index is 4.02. The highest BCUT2D eigenvalue weighted by Crippen LogP contribution is 2.16. The number of carbonyl (C=O) groups excluding carboxylic acids is 1. The molecule has 0 rings (SSSR count). The predicted octanol–water partition coefficient (Wildman–Crippen LogP) is 1.16. The average Bonchev–Trinajstić information content (AvgIpc) is 2.13. The Morgan fingerprint density at radius 3 is 2.25 bits per heavy atom. The molecule has 0 saturated carbocycles. The van der Waals surface area contributed by atoms with Crippen LogP contribution in [0.4, 0.5) is 0 Å². The molecule has 0 fully saturated rings. The number of nitrogens with one attached hydrogen (secondary N) is 1. The van der Waals surface area contributed by atoms with Crippen LogP contribution in [0.1, 0.15) is 40.5 Å². The van der Waals surface area contributed by atoms with Crippen LogP contribution in [0.15, 0.2) is 0 Å². The van der Waals surface area contributed by atoms with E-state index < -0.39 is 14.6 Å². The van der Waals surface area contributed by atoms with E-state index in [0.29, 0.717) is 0 Å². The van der Waals surface area contributed by atoms with Gasteiger partial charge in [0.05, 0.1) is 17.0 Å². The number of hydrogen-bond acceptors (Lipinski definition) is 4. The van der Waals surface area contributed by atoms with E-state index in [1.807, 2.05) is 6.92 Å². The molecule has 5 heteroatoms. The van der Waals surface area contributed by atoms with Gasteiger partial charge in [0.2, 0.25) is 0 Å². The van der Waals surface area contributed by atoms with Crippen LogP contribution < -0.4 is 5.32 Å². The highest BCUT2D eigenvalue weighted by Gasteiger charge is 2.28. The molecule has 0 aromatic carbocycles. The van der Waals surface area contributed by atoms with Crippen LogP contribution in [0.3, 0.4) is 0 Å². The number of carbonyl (C=O) groups is 1. The topological polar surface area (TPSA) is 63.2 Å². The molecule has 0 amide bonds. The number of ketones is 1. The lowest BCUT2D eigenvalue weighted by molar-refractivity contribution is -0.117. The minimum atomic E-state index is -3.17. The summed E-state index contributed by atoms with van der Waals surface area (Å²) in [6.07, 6.45) is 1.07. The van der Waals surface area contributed by atoms with E-state index in [4.69, 9.17) is 0 Å². The van der Waals surface area contributed by atoms with Crippen molar-refractivity contribution < 1.29 is 13.2 Å². The van der Waals surface area contributed by atoms with Gasteiger partial charge in [0.25, 0.3) is 0 Å². The molecule has 0 spiro atoms. The van der Waals surface area contributed by atoms with Gasteiger partial charge in [-0.05, 0) is 33.7 Å². The third kappa shape index (κ3) is 5.61. The van der Waals surface area contributed by atoms with E-state index in [-0.39, 0.29) is 24.5 Å². The summed E-state index contributed by atoms with van der Waals surface area (Å²) >= 11 is 0. The minimum absolute atomic E-state index is 0.0405. The zero-order chi connectivity index (χ0) is 12.8. The van der Waals surface area contributed by atoms with Crippen molar-refractivity contribution in [2.24, 2.45) is 0 Å². The third-order valence-corrected chi connectivity index (χ3v) is 4.94. The Labute approximate surface area is 98.7 Å². The second-order valence-electron chi connectivity index (χ2n) is 4.90. The zero-order valence-corrected chi connectivity index (χ0v) is 11.5. The predicted molar refractivity (Wildman–Crippen MR) is 66.3 cm³/mol. The molecular formula is C11H23NO3S. The summed E-state index contributed by atoms with van der Waals surface area (Å²) in [5.74, 6) is -0.0929. The van der Waals surface area contributed by atoms with Crippen molar-refractivity contribution in [3.63, 3.8) is 0 Å². The van der Waals surface area contributed by atoms with Crippen molar-refractivity contribution in [2.45, 2.75) is 45.3 Å². The monoisotopic (exact) mass is 249 g/mol. The minimum Gasteiger partial charge on any atom is -0.310 e. The summed E-state index contributed by atoms with van der Waals surface area (Å²) < 4.78 is 22.7. The van der Waals surface area contributed by atoms with E-state index in [2.05, 4.69) is 5.32 Å². The van der Waals surface area contributed by atoms with E-state index in [9.17, 15) is 13.2 Å². The Morgan fingerprint density at radius 1 is 1.25 bits per heavy atom. The first-order valence-electron chi connectivity index (χ1n) is 5.65. The molecule has 4 nitrogen and oxygen atoms in total. The van der Waals surface area contributed by atoms with Crippen LogP contribution in [0.2, 0.25) is 0 Å². The van der Waals surface area contributed by atoms with Gasteiger partial charge in [-0.15, -0.1) is 0 Å². The summed E-state index contributed by atoms with van der Waals surface area (Å²) in [5, 5.41) is 2.97. The van der Waals surface area contributed by atoms with Crippen molar-refractivity contribution in [3.05, 3.63) is 0 Å². The standard InChI is InChI=1S/C11H23NO3S/c1-5-7-12-9-10(13)6-8-16(14,15)11(2,3)4/h12H,5-9H2,1-4H3. The molecule has 0 radical (unpaired) electrons. The van der Waals surface area contributed by atoms with Crippen molar-refractivity contribution in [1.82, 2.24) is 5.32 Å². The van der Waals surface area contributed by atoms with E-state index in [0.717, 1.165) is 13.0 Å². The fourth-order valence-electron chi connectivity index (χ4n) is 1.05. The summed E-state index contributed by atoms with van der Waals surface area (Å²) in [6, 6.07) is 0. The molecule has 0 aliphatic heterocycles. The fourth-order valence-corrected chi connectivity index (χ4v) is 2.16. The second-order valence-corrected chi connectivity index (χ2v) is 7.76. The third-order valence-electron chi connectivity index (χ3n) is 2.33. The van der Waals surface area contributed by atoms with Crippen molar-refractivity contribution in [3.8, 4) is 0 Å². The molecule has 0 aromatic rings. The maximum Gasteiger partial charge on any atom is 0.155 e. The van der Waals surface area contributed by atoms with Gasteiger partial charge in [-0.2, -0.15) is 0 Å². The Kier molecular flexibility index (Phi) is 6.18. The molecule has 0 aliphatic carbocycles. The molecule has 0 unspecified atom stereocenters. The molecule has 0 aliphatic rings. The fraction of sp³-hybridized carbons (Fsp3) is 0.909. The van der Waals surface area contributed by atoms with E-state index in [1.165, 1.54) is 0 Å². The van der Waals surface area contributed by atoms with Crippen LogP contribution in [-0.4, -0.2) is 37.8 Å². The van der Waals surface area contributed by atoms with Crippen LogP contribution >= 0.6 is 0 Å². The van der Waals surface area contributed by atoms with Gasteiger partial charge in [-0.3, -0.25) is 4.79 Å². The number of Topliss-reactive ketones (excluding diaryl/α,β-unsaturated/α-hetero) is 1. The van der Waals surface area contributed by atoms with E-state index >= 15 is 0 Å². The van der Waals surface area contributed by atoms with Crippen molar-refractivity contribution >= 4 is 15.6 Å². The quantitative estimate of drug-likeness (QED) is 0.688. The Morgan fingerprint density at radius 2 is 1.81 bits per heavy atom. The summed E-state index contributed by atoms with van der Waals surface area (Å²) in [6.45, 7) is 8.04. The summed E-state index contributed by atoms with van der Waals surface area (Å²) in [4.78, 5) is 11.4. The van der Waals surface area contributed by atoms with E-state index in [1.54, 1.807) is 20.8 Å². The Hall–Kier alpha value is -0.420. The lowest BCUT2D eigenvalue weighted by Gasteiger charge is -2.18. The van der Waals surface area contributed by atoms with Gasteiger partial charge in [-0.1, -0.05) is 6.92 Å². The van der Waals surface area contributed by atoms with Gasteiger partial charge in [0.1, 0.15) is 5.78 Å². The molecule has 0 atom stereocenters. The number of rotatable bonds is 7. The second kappa shape index (κ2) is 6.35. The highest BCUT2D eigenvalue weighted by atomic mass is 32.2. The van der Waals surface area contributed by atoms with Crippen molar-refractivity contribution in [1.29, 1.82) is 0 Å². The molecule has 16 heavy (non-hydrogen) atoms. The van der Waals surface area contributed by atoms with Gasteiger partial charge < -0.3 is 5.32 Å². The van der Waals surface area contributed by atoms with Crippen molar-refractivity contribution in [2.75, 3.05) is 18.8 Å². The first-order chi connectivity index (χ1) is 7.20. The largest absolute Gasteiger partial charge is 0.310 e. The molecule has 0 saturated heterocycles. The number of sulfone groups is 1. The maximum absolute atomic E-state index is 11.7. The summed E-state index contributed by atoms with van der Waals surface area (Å²) in [7, 11) is -3.17. The normalized spacial score (nSPS) is 12.8. The first kappa shape index (κ1) is 15.6. The van der Waals surface area contributed by atoms with Gasteiger partial charge in [0.15, 0.2) is 9.84 Å². The van der Waals surface area contributed by atoms with Gasteiger partial charge >= 0.3 is 0 Å². The van der Waals surface area contributed by atoms with Gasteiger partial charge in [-0.25, -0.2) is 8.42 Å². The maximum atomic E-state index is 11.7. The molecule has 0 bridgehead atoms. The first-order valence-corrected chi connectivity index (χ1v) is 7.30. The molecule has 0 heterocycles. The molecule has 1 N–H and O–H groups in total. The summed E-state index contributed by atoms with van der Waals surface area (Å²) in [5.41, 5.74) is 0. The smallest absolute Gasteiger partial charge is 0.155 e. The highest BCUT2D eigenvalue weighted by molar-refractivity contribution is 7.92. The molecule has 0 aromatic heterocycles. The molecular weight excluding hydrogens is 226 g/mol. The Bertz CT molecular complexity index is 315. The van der Waals surface area contributed by atoms with Gasteiger partial charge in [0, 0.05) is 6.42 Å². The number of hydrogen-bond donors (Lipinski definition) is 1. The lowest BCUT2D eigenvalue weighted by atomic mass is 10.3. The molecule has 96 valence electrons. The van der Waals surface area contributed by atoms with Crippen LogP contribution in [0, 0.1) is 0 Å². The zero-order valence-electron chi connectivity index (χ0n) is 10.7. The van der Waals surface area contributed by atoms with Crippen LogP contribution in [0.25, 0.3) is 0 Å². The SMILES string of the molecule is CCCNCC(=O)CCS(=O)(=O)C(C)(C)C. The lowest BCUT2D eigenvalue weighted by Crippen LogP contribution is -2.32. The van der Waals surface area contributed by atoms with Crippen LogP contribution in [-0.2, 0) is 14.6 Å².